The smallest absolute Gasteiger partial charge is 0.207 e. The van der Waals surface area contributed by atoms with Gasteiger partial charge in [0.15, 0.2) is 0 Å². The quantitative estimate of drug-likeness (QED) is 0.868. The van der Waals surface area contributed by atoms with E-state index in [-0.39, 0.29) is 15.3 Å². The lowest BCUT2D eigenvalue weighted by molar-refractivity contribution is 0.445. The standard InChI is InChI=1S/C11H15Cl2NO2S/c1-8(12)11(2,3)14-17(15,16)10-7-5-4-6-9(10)13/h4-8,14H,1-3H3. The van der Waals surface area contributed by atoms with E-state index in [4.69, 9.17) is 23.2 Å². The lowest BCUT2D eigenvalue weighted by Crippen LogP contribution is -2.48. The Morgan fingerprint density at radius 1 is 1.29 bits per heavy atom. The largest absolute Gasteiger partial charge is 0.242 e. The van der Waals surface area contributed by atoms with E-state index < -0.39 is 15.6 Å². The first-order valence-corrected chi connectivity index (χ1v) is 7.39. The van der Waals surface area contributed by atoms with Crippen LogP contribution in [0.15, 0.2) is 29.2 Å². The van der Waals surface area contributed by atoms with E-state index in [1.807, 2.05) is 0 Å². The normalized spacial score (nSPS) is 14.6. The van der Waals surface area contributed by atoms with Gasteiger partial charge in [-0.1, -0.05) is 23.7 Å². The number of halogens is 2. The van der Waals surface area contributed by atoms with Crippen molar-refractivity contribution in [1.29, 1.82) is 0 Å². The van der Waals surface area contributed by atoms with Gasteiger partial charge < -0.3 is 0 Å². The molecule has 0 radical (unpaired) electrons. The monoisotopic (exact) mass is 295 g/mol. The van der Waals surface area contributed by atoms with Gasteiger partial charge in [0.25, 0.3) is 0 Å². The fourth-order valence-corrected chi connectivity index (χ4v) is 3.27. The summed E-state index contributed by atoms with van der Waals surface area (Å²) in [5, 5.41) is -0.155. The number of alkyl halides is 1. The minimum absolute atomic E-state index is 0.0621. The maximum Gasteiger partial charge on any atom is 0.242 e. The average molecular weight is 296 g/mol. The summed E-state index contributed by atoms with van der Waals surface area (Å²) < 4.78 is 26.8. The van der Waals surface area contributed by atoms with Crippen LogP contribution < -0.4 is 4.72 Å². The summed E-state index contributed by atoms with van der Waals surface area (Å²) in [5.41, 5.74) is -0.750. The molecule has 1 aromatic carbocycles. The second-order valence-electron chi connectivity index (χ2n) is 4.37. The number of hydrogen-bond donors (Lipinski definition) is 1. The molecule has 0 aliphatic carbocycles. The molecule has 0 saturated heterocycles. The molecule has 0 aromatic heterocycles. The first kappa shape index (κ1) is 14.8. The molecule has 0 heterocycles. The second kappa shape index (κ2) is 5.14. The molecule has 6 heteroatoms. The second-order valence-corrected chi connectivity index (χ2v) is 7.09. The Bertz CT molecular complexity index is 498. The molecule has 96 valence electrons. The summed E-state index contributed by atoms with van der Waals surface area (Å²) in [5.74, 6) is 0. The molecule has 3 nitrogen and oxygen atoms in total. The van der Waals surface area contributed by atoms with Crippen LogP contribution in [-0.2, 0) is 10.0 Å². The lowest BCUT2D eigenvalue weighted by atomic mass is 10.0. The SMILES string of the molecule is CC(Cl)C(C)(C)NS(=O)(=O)c1ccccc1Cl. The van der Waals surface area contributed by atoms with Crippen molar-refractivity contribution in [3.05, 3.63) is 29.3 Å². The molecule has 17 heavy (non-hydrogen) atoms. The third-order valence-corrected chi connectivity index (χ3v) is 5.24. The third-order valence-electron chi connectivity index (χ3n) is 2.52. The van der Waals surface area contributed by atoms with Gasteiger partial charge in [-0.15, -0.1) is 11.6 Å². The maximum atomic E-state index is 12.1. The van der Waals surface area contributed by atoms with Gasteiger partial charge in [0.2, 0.25) is 10.0 Å². The van der Waals surface area contributed by atoms with Crippen molar-refractivity contribution in [2.45, 2.75) is 36.6 Å². The number of nitrogens with one attached hydrogen (secondary N) is 1. The predicted octanol–water partition coefficient (Wildman–Crippen LogP) is 3.02. The van der Waals surface area contributed by atoms with Crippen LogP contribution in [0, 0.1) is 0 Å². The Hall–Kier alpha value is -0.290. The first-order chi connectivity index (χ1) is 7.67. The average Bonchev–Trinajstić information content (AvgIpc) is 2.16. The van der Waals surface area contributed by atoms with Crippen molar-refractivity contribution < 1.29 is 8.42 Å². The van der Waals surface area contributed by atoms with Crippen molar-refractivity contribution in [3.8, 4) is 0 Å². The molecule has 0 spiro atoms. The van der Waals surface area contributed by atoms with Gasteiger partial charge in [0, 0.05) is 10.9 Å². The van der Waals surface area contributed by atoms with Gasteiger partial charge in [-0.3, -0.25) is 0 Å². The van der Waals surface area contributed by atoms with Crippen molar-refractivity contribution in [2.75, 3.05) is 0 Å². The molecular weight excluding hydrogens is 281 g/mol. The van der Waals surface area contributed by atoms with E-state index in [1.54, 1.807) is 32.9 Å². The fraction of sp³-hybridized carbons (Fsp3) is 0.455. The number of rotatable bonds is 4. The minimum atomic E-state index is -3.66. The minimum Gasteiger partial charge on any atom is -0.207 e. The Balaban J connectivity index is 3.11. The molecule has 1 unspecified atom stereocenters. The Labute approximate surface area is 112 Å². The summed E-state index contributed by atoms with van der Waals surface area (Å²) >= 11 is 11.8. The van der Waals surface area contributed by atoms with E-state index in [0.717, 1.165) is 0 Å². The van der Waals surface area contributed by atoms with Gasteiger partial charge in [-0.05, 0) is 32.9 Å². The van der Waals surface area contributed by atoms with Crippen LogP contribution in [-0.4, -0.2) is 19.3 Å². The highest BCUT2D eigenvalue weighted by molar-refractivity contribution is 7.89. The van der Waals surface area contributed by atoms with E-state index >= 15 is 0 Å². The van der Waals surface area contributed by atoms with Gasteiger partial charge >= 0.3 is 0 Å². The first-order valence-electron chi connectivity index (χ1n) is 5.09. The highest BCUT2D eigenvalue weighted by Gasteiger charge is 2.31. The van der Waals surface area contributed by atoms with Crippen LogP contribution >= 0.6 is 23.2 Å². The van der Waals surface area contributed by atoms with Crippen LogP contribution in [0.25, 0.3) is 0 Å². The summed E-state index contributed by atoms with van der Waals surface area (Å²) in [4.78, 5) is 0.0621. The van der Waals surface area contributed by atoms with Gasteiger partial charge in [-0.25, -0.2) is 13.1 Å². The molecule has 1 rings (SSSR count). The predicted molar refractivity (Wildman–Crippen MR) is 71.2 cm³/mol. The zero-order valence-corrected chi connectivity index (χ0v) is 12.2. The maximum absolute atomic E-state index is 12.1. The van der Waals surface area contributed by atoms with Gasteiger partial charge in [0.05, 0.1) is 5.02 Å². The Kier molecular flexibility index (Phi) is 4.47. The molecule has 0 bridgehead atoms. The molecule has 1 aromatic rings. The highest BCUT2D eigenvalue weighted by atomic mass is 35.5. The van der Waals surface area contributed by atoms with Crippen LogP contribution in [0.4, 0.5) is 0 Å². The Morgan fingerprint density at radius 3 is 2.29 bits per heavy atom. The number of hydrogen-bond acceptors (Lipinski definition) is 2. The summed E-state index contributed by atoms with van der Waals surface area (Å²) in [6, 6.07) is 6.29. The van der Waals surface area contributed by atoms with Crippen molar-refractivity contribution in [1.82, 2.24) is 4.72 Å². The molecule has 0 amide bonds. The molecule has 0 aliphatic rings. The Morgan fingerprint density at radius 2 is 1.82 bits per heavy atom. The summed E-state index contributed by atoms with van der Waals surface area (Å²) in [7, 11) is -3.66. The lowest BCUT2D eigenvalue weighted by Gasteiger charge is -2.28. The zero-order valence-electron chi connectivity index (χ0n) is 9.87. The topological polar surface area (TPSA) is 46.2 Å². The summed E-state index contributed by atoms with van der Waals surface area (Å²) in [6.07, 6.45) is 0. The number of sulfonamides is 1. The van der Waals surface area contributed by atoms with Gasteiger partial charge in [0.1, 0.15) is 4.90 Å². The molecule has 0 aliphatic heterocycles. The number of benzene rings is 1. The molecular formula is C11H15Cl2NO2S. The van der Waals surface area contributed by atoms with Gasteiger partial charge in [-0.2, -0.15) is 0 Å². The van der Waals surface area contributed by atoms with Crippen LogP contribution in [0.3, 0.4) is 0 Å². The van der Waals surface area contributed by atoms with Crippen molar-refractivity contribution >= 4 is 33.2 Å². The van der Waals surface area contributed by atoms with Crippen LogP contribution in [0.5, 0.6) is 0 Å². The fourth-order valence-electron chi connectivity index (χ4n) is 1.15. The van der Waals surface area contributed by atoms with E-state index in [9.17, 15) is 8.42 Å². The van der Waals surface area contributed by atoms with E-state index in [1.165, 1.54) is 12.1 Å². The molecule has 0 fully saturated rings. The highest BCUT2D eigenvalue weighted by Crippen LogP contribution is 2.24. The van der Waals surface area contributed by atoms with E-state index in [0.29, 0.717) is 0 Å². The zero-order chi connectivity index (χ0) is 13.3. The molecule has 0 saturated carbocycles. The van der Waals surface area contributed by atoms with Crippen LogP contribution in [0.2, 0.25) is 5.02 Å². The van der Waals surface area contributed by atoms with Crippen LogP contribution in [0.1, 0.15) is 20.8 Å². The summed E-state index contributed by atoms with van der Waals surface area (Å²) in [6.45, 7) is 5.18. The van der Waals surface area contributed by atoms with Crippen molar-refractivity contribution in [2.24, 2.45) is 0 Å². The van der Waals surface area contributed by atoms with E-state index in [2.05, 4.69) is 4.72 Å². The third kappa shape index (κ3) is 3.58. The van der Waals surface area contributed by atoms with Crippen molar-refractivity contribution in [3.63, 3.8) is 0 Å². The molecule has 1 N–H and O–H groups in total. The molecule has 1 atom stereocenters.